The minimum atomic E-state index is -1.31. The topological polar surface area (TPSA) is 111 Å². The van der Waals surface area contributed by atoms with Gasteiger partial charge in [-0.15, -0.1) is 11.8 Å². The van der Waals surface area contributed by atoms with E-state index >= 15 is 0 Å². The number of carbonyl (C=O) groups excluding carboxylic acids is 4. The van der Waals surface area contributed by atoms with E-state index in [2.05, 4.69) is 10.6 Å². The molecule has 38 heavy (non-hydrogen) atoms. The van der Waals surface area contributed by atoms with Crippen LogP contribution in [0.3, 0.4) is 0 Å². The van der Waals surface area contributed by atoms with Gasteiger partial charge in [-0.3, -0.25) is 19.2 Å². The first-order chi connectivity index (χ1) is 18.0. The molecule has 0 radical (unpaired) electrons. The van der Waals surface area contributed by atoms with Gasteiger partial charge in [-0.25, -0.2) is 0 Å². The number of benzene rings is 2. The lowest BCUT2D eigenvalue weighted by atomic mass is 9.73. The summed E-state index contributed by atoms with van der Waals surface area (Å²) in [6, 6.07) is 12.6. The summed E-state index contributed by atoms with van der Waals surface area (Å²) in [7, 11) is -1.31. The molecule has 1 aliphatic heterocycles. The first-order valence-electron chi connectivity index (χ1n) is 12.1. The summed E-state index contributed by atoms with van der Waals surface area (Å²) >= 11 is 13.4. The van der Waals surface area contributed by atoms with Crippen molar-refractivity contribution in [3.8, 4) is 0 Å². The molecule has 202 valence electrons. The molecule has 1 saturated heterocycles. The highest BCUT2D eigenvalue weighted by Gasteiger charge is 2.42. The smallest absolute Gasteiger partial charge is 0.497 e. The van der Waals surface area contributed by atoms with Gasteiger partial charge in [-0.2, -0.15) is 0 Å². The highest BCUT2D eigenvalue weighted by atomic mass is 35.5. The summed E-state index contributed by atoms with van der Waals surface area (Å²) in [6.45, 7) is 5.49. The second-order valence-electron chi connectivity index (χ2n) is 9.33. The summed E-state index contributed by atoms with van der Waals surface area (Å²) in [6.07, 6.45) is 0.521. The number of amides is 2. The van der Waals surface area contributed by atoms with Gasteiger partial charge in [0.15, 0.2) is 0 Å². The molecule has 2 amide bonds. The van der Waals surface area contributed by atoms with E-state index in [0.717, 1.165) is 17.3 Å². The molecule has 0 aromatic heterocycles. The van der Waals surface area contributed by atoms with Crippen LogP contribution in [0, 0.1) is 5.92 Å². The second kappa shape index (κ2) is 13.9. The van der Waals surface area contributed by atoms with Gasteiger partial charge in [0.25, 0.3) is 5.91 Å². The fourth-order valence-electron chi connectivity index (χ4n) is 3.82. The summed E-state index contributed by atoms with van der Waals surface area (Å²) in [4.78, 5) is 51.5. The summed E-state index contributed by atoms with van der Waals surface area (Å²) < 4.78 is 10.9. The minimum Gasteiger partial charge on any atom is -0.497 e. The zero-order chi connectivity index (χ0) is 27.8. The molecule has 3 atom stereocenters. The Kier molecular flexibility index (Phi) is 10.9. The summed E-state index contributed by atoms with van der Waals surface area (Å²) in [5.74, 6) is -3.00. The highest BCUT2D eigenvalue weighted by molar-refractivity contribution is 8.01. The average molecular weight is 579 g/mol. The molecular weight excluding hydrogens is 550 g/mol. The first-order valence-corrected chi connectivity index (χ1v) is 14.0. The molecule has 1 fully saturated rings. The number of carbonyl (C=O) groups is 4. The van der Waals surface area contributed by atoms with Crippen LogP contribution in [0.4, 0.5) is 0 Å². The van der Waals surface area contributed by atoms with Crippen LogP contribution in [0.2, 0.25) is 10.0 Å². The van der Waals surface area contributed by atoms with Crippen molar-refractivity contribution in [1.82, 2.24) is 10.6 Å². The number of rotatable bonds is 9. The van der Waals surface area contributed by atoms with Crippen LogP contribution in [0.1, 0.15) is 43.1 Å². The van der Waals surface area contributed by atoms with Gasteiger partial charge in [0.05, 0.1) is 27.5 Å². The Hall–Kier alpha value is -2.69. The van der Waals surface area contributed by atoms with E-state index in [1.54, 1.807) is 13.0 Å². The van der Waals surface area contributed by atoms with Crippen LogP contribution >= 0.6 is 35.0 Å². The van der Waals surface area contributed by atoms with Crippen molar-refractivity contribution < 1.29 is 28.5 Å². The van der Waals surface area contributed by atoms with Gasteiger partial charge in [-0.1, -0.05) is 67.4 Å². The molecule has 0 saturated carbocycles. The minimum absolute atomic E-state index is 0.0117. The molecule has 3 rings (SSSR count). The van der Waals surface area contributed by atoms with Crippen LogP contribution in [-0.2, 0) is 30.1 Å². The Morgan fingerprint density at radius 1 is 1.08 bits per heavy atom. The largest absolute Gasteiger partial charge is 0.622 e. The molecule has 8 nitrogen and oxygen atoms in total. The number of halogens is 2. The Bertz CT molecular complexity index is 1170. The fourth-order valence-corrected chi connectivity index (χ4v) is 4.84. The highest BCUT2D eigenvalue weighted by Crippen LogP contribution is 2.22. The lowest BCUT2D eigenvalue weighted by Crippen LogP contribution is -2.57. The van der Waals surface area contributed by atoms with Crippen molar-refractivity contribution in [3.05, 3.63) is 69.7 Å². The van der Waals surface area contributed by atoms with Crippen LogP contribution in [-0.4, -0.2) is 53.9 Å². The van der Waals surface area contributed by atoms with E-state index in [0.29, 0.717) is 11.4 Å². The van der Waals surface area contributed by atoms with Crippen molar-refractivity contribution in [2.45, 2.75) is 50.8 Å². The second-order valence-corrected chi connectivity index (χ2v) is 11.5. The van der Waals surface area contributed by atoms with Crippen LogP contribution in [0.5, 0.6) is 0 Å². The van der Waals surface area contributed by atoms with Crippen molar-refractivity contribution >= 4 is 65.8 Å². The van der Waals surface area contributed by atoms with Crippen molar-refractivity contribution in [3.63, 3.8) is 0 Å². The first kappa shape index (κ1) is 29.9. The van der Waals surface area contributed by atoms with E-state index in [1.165, 1.54) is 12.1 Å². The van der Waals surface area contributed by atoms with Gasteiger partial charge < -0.3 is 19.9 Å². The van der Waals surface area contributed by atoms with E-state index in [-0.39, 0.29) is 28.7 Å². The molecule has 1 heterocycles. The Labute approximate surface area is 236 Å². The molecule has 1 aliphatic rings. The predicted molar refractivity (Wildman–Crippen MR) is 149 cm³/mol. The maximum atomic E-state index is 13.6. The van der Waals surface area contributed by atoms with Gasteiger partial charge >= 0.3 is 19.1 Å². The zero-order valence-electron chi connectivity index (χ0n) is 21.2. The molecule has 2 N–H and O–H groups in total. The van der Waals surface area contributed by atoms with E-state index < -0.39 is 48.1 Å². The third-order valence-electron chi connectivity index (χ3n) is 5.72. The van der Waals surface area contributed by atoms with Crippen LogP contribution in [0.25, 0.3) is 0 Å². The number of nitrogens with one attached hydrogen (secondary N) is 2. The monoisotopic (exact) mass is 578 g/mol. The average Bonchev–Trinajstić information content (AvgIpc) is 2.87. The van der Waals surface area contributed by atoms with Crippen molar-refractivity contribution in [1.29, 1.82) is 0 Å². The van der Waals surface area contributed by atoms with Crippen molar-refractivity contribution in [2.24, 2.45) is 5.92 Å². The third kappa shape index (κ3) is 8.68. The van der Waals surface area contributed by atoms with E-state index in [9.17, 15) is 19.2 Å². The molecule has 0 bridgehead atoms. The Morgan fingerprint density at radius 3 is 2.47 bits per heavy atom. The molecule has 0 spiro atoms. The SMILES string of the molecule is CC(C)C[C@H](NC(=O)C(Cc1ccccc1)NC(=O)c1cc(Cl)ccc1Cl)B1OC(=O)CSC(C)C(=O)O1. The number of hydrogen-bond donors (Lipinski definition) is 2. The van der Waals surface area contributed by atoms with Gasteiger partial charge in [0.1, 0.15) is 6.04 Å². The van der Waals surface area contributed by atoms with Gasteiger partial charge in [0.2, 0.25) is 5.91 Å². The maximum absolute atomic E-state index is 13.6. The Balaban J connectivity index is 1.86. The van der Waals surface area contributed by atoms with Crippen LogP contribution < -0.4 is 10.6 Å². The van der Waals surface area contributed by atoms with Gasteiger partial charge in [0, 0.05) is 11.4 Å². The lowest BCUT2D eigenvalue weighted by molar-refractivity contribution is -0.140. The quantitative estimate of drug-likeness (QED) is 0.431. The number of thioether (sulfide) groups is 1. The number of hydrogen-bond acceptors (Lipinski definition) is 7. The fraction of sp³-hybridized carbons (Fsp3) is 0.385. The predicted octanol–water partition coefficient (Wildman–Crippen LogP) is 4.11. The summed E-state index contributed by atoms with van der Waals surface area (Å²) in [5, 5.41) is 5.54. The normalized spacial score (nSPS) is 17.5. The van der Waals surface area contributed by atoms with Crippen LogP contribution in [0.15, 0.2) is 48.5 Å². The molecule has 2 aromatic carbocycles. The summed E-state index contributed by atoms with van der Waals surface area (Å²) in [5.41, 5.74) is 0.929. The lowest BCUT2D eigenvalue weighted by Gasteiger charge is -2.29. The zero-order valence-corrected chi connectivity index (χ0v) is 23.6. The molecular formula is C26H29BCl2N2O6S. The van der Waals surface area contributed by atoms with E-state index in [1.807, 2.05) is 44.2 Å². The van der Waals surface area contributed by atoms with E-state index in [4.69, 9.17) is 32.5 Å². The standard InChI is InChI=1S/C26H29BCl2N2O6S/c1-15(2)11-22(27-36-23(32)14-38-16(3)26(35)37-27)31-25(34)21(12-17-7-5-4-6-8-17)30-24(33)19-13-18(28)9-10-20(19)29/h4-10,13,15-16,21-22H,11-12,14H2,1-3H3,(H,30,33)(H,31,34)/t16?,21?,22-/m0/s1. The molecule has 2 unspecified atom stereocenters. The molecule has 0 aliphatic carbocycles. The van der Waals surface area contributed by atoms with Gasteiger partial charge in [-0.05, 0) is 43.0 Å². The Morgan fingerprint density at radius 2 is 1.79 bits per heavy atom. The van der Waals surface area contributed by atoms with Crippen molar-refractivity contribution in [2.75, 3.05) is 5.75 Å². The third-order valence-corrected chi connectivity index (χ3v) is 7.38. The maximum Gasteiger partial charge on any atom is 0.622 e. The molecule has 2 aromatic rings. The molecule has 12 heteroatoms.